The van der Waals surface area contributed by atoms with Crippen LogP contribution in [-0.2, 0) is 13.6 Å². The Morgan fingerprint density at radius 2 is 1.97 bits per heavy atom. The Labute approximate surface area is 206 Å². The van der Waals surface area contributed by atoms with E-state index in [0.717, 1.165) is 44.3 Å². The van der Waals surface area contributed by atoms with Crippen molar-refractivity contribution in [2.45, 2.75) is 45.9 Å². The number of rotatable bonds is 5. The number of aromatic nitrogens is 8. The van der Waals surface area contributed by atoms with Gasteiger partial charge in [0.25, 0.3) is 0 Å². The van der Waals surface area contributed by atoms with Gasteiger partial charge in [0.2, 0.25) is 0 Å². The van der Waals surface area contributed by atoms with Crippen molar-refractivity contribution >= 4 is 27.6 Å². The lowest BCUT2D eigenvalue weighted by atomic mass is 10.00. The SMILES string of the molecule is CC(C)n1c(=O)n(C)c2cnc3[nH]c(-c4cnn(CC(C)(C)O)c4)c(-c4ccn5cncc5c4)c3c21. The van der Waals surface area contributed by atoms with Crippen molar-refractivity contribution in [3.8, 4) is 22.4 Å². The van der Waals surface area contributed by atoms with E-state index in [0.29, 0.717) is 12.2 Å². The molecule has 0 atom stereocenters. The van der Waals surface area contributed by atoms with Gasteiger partial charge in [0.1, 0.15) is 5.65 Å². The molecule has 0 amide bonds. The minimum absolute atomic E-state index is 0.0372. The third kappa shape index (κ3) is 3.36. The monoisotopic (exact) mass is 484 g/mol. The predicted molar refractivity (Wildman–Crippen MR) is 139 cm³/mol. The number of aromatic amines is 1. The highest BCUT2D eigenvalue weighted by molar-refractivity contribution is 6.14. The van der Waals surface area contributed by atoms with Crippen LogP contribution in [0.3, 0.4) is 0 Å². The summed E-state index contributed by atoms with van der Waals surface area (Å²) < 4.78 is 7.18. The summed E-state index contributed by atoms with van der Waals surface area (Å²) in [6, 6.07) is 4.09. The third-order valence-corrected chi connectivity index (χ3v) is 6.56. The second-order valence-corrected chi connectivity index (χ2v) is 10.3. The summed E-state index contributed by atoms with van der Waals surface area (Å²) in [5.41, 5.74) is 5.92. The lowest BCUT2D eigenvalue weighted by molar-refractivity contribution is 0.0577. The molecule has 0 saturated heterocycles. The number of hydrogen-bond donors (Lipinski definition) is 2. The van der Waals surface area contributed by atoms with Crippen molar-refractivity contribution in [2.75, 3.05) is 0 Å². The second-order valence-electron chi connectivity index (χ2n) is 10.3. The molecule has 6 heterocycles. The van der Waals surface area contributed by atoms with Gasteiger partial charge in [-0.3, -0.25) is 13.8 Å². The van der Waals surface area contributed by atoms with Crippen LogP contribution in [0.5, 0.6) is 0 Å². The van der Waals surface area contributed by atoms with Gasteiger partial charge < -0.3 is 14.5 Å². The van der Waals surface area contributed by atoms with Crippen LogP contribution in [0.4, 0.5) is 0 Å². The molecule has 6 aromatic heterocycles. The molecular weight excluding hydrogens is 456 g/mol. The number of pyridine rings is 2. The van der Waals surface area contributed by atoms with E-state index < -0.39 is 5.60 Å². The molecule has 184 valence electrons. The van der Waals surface area contributed by atoms with E-state index in [1.54, 1.807) is 48.9 Å². The van der Waals surface area contributed by atoms with E-state index >= 15 is 0 Å². The molecule has 0 fully saturated rings. The van der Waals surface area contributed by atoms with Gasteiger partial charge in [0, 0.05) is 36.6 Å². The molecule has 0 bridgehead atoms. The predicted octanol–water partition coefficient (Wildman–Crippen LogP) is 3.75. The first-order valence-corrected chi connectivity index (χ1v) is 11.9. The molecular formula is C26H28N8O2. The van der Waals surface area contributed by atoms with Gasteiger partial charge in [-0.25, -0.2) is 14.8 Å². The van der Waals surface area contributed by atoms with Crippen LogP contribution in [0.2, 0.25) is 0 Å². The number of hydrogen-bond acceptors (Lipinski definition) is 5. The lowest BCUT2D eigenvalue weighted by Gasteiger charge is -2.16. The topological polar surface area (TPSA) is 111 Å². The Morgan fingerprint density at radius 1 is 1.17 bits per heavy atom. The molecule has 0 saturated carbocycles. The highest BCUT2D eigenvalue weighted by Crippen LogP contribution is 2.41. The Balaban J connectivity index is 1.72. The quantitative estimate of drug-likeness (QED) is 0.387. The minimum atomic E-state index is -0.898. The zero-order chi connectivity index (χ0) is 25.4. The maximum atomic E-state index is 13.2. The minimum Gasteiger partial charge on any atom is -0.389 e. The highest BCUT2D eigenvalue weighted by atomic mass is 16.3. The Morgan fingerprint density at radius 3 is 2.72 bits per heavy atom. The smallest absolute Gasteiger partial charge is 0.329 e. The zero-order valence-corrected chi connectivity index (χ0v) is 20.9. The molecule has 0 aliphatic carbocycles. The van der Waals surface area contributed by atoms with Crippen molar-refractivity contribution in [1.29, 1.82) is 0 Å². The number of aliphatic hydroxyl groups is 1. The summed E-state index contributed by atoms with van der Waals surface area (Å²) in [4.78, 5) is 25.7. The second kappa shape index (κ2) is 7.66. The first-order valence-electron chi connectivity index (χ1n) is 11.9. The Bertz CT molecular complexity index is 1820. The van der Waals surface area contributed by atoms with Gasteiger partial charge in [-0.2, -0.15) is 5.10 Å². The van der Waals surface area contributed by atoms with Gasteiger partial charge in [0.05, 0.1) is 64.7 Å². The van der Waals surface area contributed by atoms with Crippen molar-refractivity contribution in [3.63, 3.8) is 0 Å². The Kier molecular flexibility index (Phi) is 4.74. The lowest BCUT2D eigenvalue weighted by Crippen LogP contribution is -2.26. The number of aryl methyl sites for hydroxylation is 1. The van der Waals surface area contributed by atoms with E-state index in [-0.39, 0.29) is 11.7 Å². The van der Waals surface area contributed by atoms with Crippen LogP contribution < -0.4 is 5.69 Å². The molecule has 10 nitrogen and oxygen atoms in total. The molecule has 36 heavy (non-hydrogen) atoms. The molecule has 6 rings (SSSR count). The first kappa shape index (κ1) is 22.3. The number of imidazole rings is 2. The fourth-order valence-electron chi connectivity index (χ4n) is 5.01. The van der Waals surface area contributed by atoms with Crippen LogP contribution in [0.25, 0.3) is 50.0 Å². The fourth-order valence-corrected chi connectivity index (χ4v) is 5.01. The van der Waals surface area contributed by atoms with Gasteiger partial charge in [-0.05, 0) is 45.4 Å². The average molecular weight is 485 g/mol. The largest absolute Gasteiger partial charge is 0.389 e. The fraction of sp³-hybridized carbons (Fsp3) is 0.308. The summed E-state index contributed by atoms with van der Waals surface area (Å²) in [5.74, 6) is 0. The van der Waals surface area contributed by atoms with Gasteiger partial charge in [-0.15, -0.1) is 0 Å². The van der Waals surface area contributed by atoms with E-state index in [4.69, 9.17) is 4.98 Å². The van der Waals surface area contributed by atoms with E-state index in [2.05, 4.69) is 21.1 Å². The van der Waals surface area contributed by atoms with Crippen LogP contribution in [0, 0.1) is 0 Å². The molecule has 0 aromatic carbocycles. The number of H-pyrrole nitrogens is 1. The normalized spacial score (nSPS) is 12.6. The molecule has 0 radical (unpaired) electrons. The summed E-state index contributed by atoms with van der Waals surface area (Å²) in [7, 11) is 1.78. The maximum absolute atomic E-state index is 13.2. The van der Waals surface area contributed by atoms with Crippen LogP contribution in [0.15, 0.2) is 54.2 Å². The summed E-state index contributed by atoms with van der Waals surface area (Å²) in [6.45, 7) is 7.90. The molecule has 0 spiro atoms. The van der Waals surface area contributed by atoms with Crippen molar-refractivity contribution in [1.82, 2.24) is 38.3 Å². The Hall–Kier alpha value is -4.18. The standard InChI is InChI=1S/C26H28N8O2/c1-15(2)34-23-19(31(5)25(34)35)11-28-24-21(23)20(16-6-7-32-14-27-10-18(32)8-16)22(30-24)17-9-29-33(12-17)13-26(3,4)36/h6-12,14-15,36H,13H2,1-5H3,(H,28,30). The number of fused-ring (bicyclic) bond motifs is 4. The van der Waals surface area contributed by atoms with E-state index in [1.165, 1.54) is 0 Å². The van der Waals surface area contributed by atoms with Gasteiger partial charge >= 0.3 is 5.69 Å². The van der Waals surface area contributed by atoms with Crippen molar-refractivity contribution in [3.05, 3.63) is 59.9 Å². The van der Waals surface area contributed by atoms with E-state index in [9.17, 15) is 9.90 Å². The van der Waals surface area contributed by atoms with Crippen LogP contribution >= 0.6 is 0 Å². The van der Waals surface area contributed by atoms with E-state index in [1.807, 2.05) is 47.5 Å². The zero-order valence-electron chi connectivity index (χ0n) is 20.9. The van der Waals surface area contributed by atoms with Crippen LogP contribution in [-0.4, -0.2) is 49.0 Å². The highest BCUT2D eigenvalue weighted by Gasteiger charge is 2.25. The molecule has 0 unspecified atom stereocenters. The number of nitrogens with one attached hydrogen (secondary N) is 1. The summed E-state index contributed by atoms with van der Waals surface area (Å²) >= 11 is 0. The van der Waals surface area contributed by atoms with Gasteiger partial charge in [0.15, 0.2) is 0 Å². The summed E-state index contributed by atoms with van der Waals surface area (Å²) in [6.07, 6.45) is 11.0. The maximum Gasteiger partial charge on any atom is 0.329 e. The van der Waals surface area contributed by atoms with Crippen molar-refractivity contribution < 1.29 is 5.11 Å². The molecule has 0 aliphatic heterocycles. The molecule has 6 aromatic rings. The van der Waals surface area contributed by atoms with Crippen LogP contribution in [0.1, 0.15) is 33.7 Å². The average Bonchev–Trinajstić information content (AvgIpc) is 3.57. The van der Waals surface area contributed by atoms with Crippen molar-refractivity contribution in [2.24, 2.45) is 7.05 Å². The first-order chi connectivity index (χ1) is 17.1. The number of nitrogens with zero attached hydrogens (tertiary/aromatic N) is 7. The molecule has 0 aliphatic rings. The third-order valence-electron chi connectivity index (χ3n) is 6.56. The summed E-state index contributed by atoms with van der Waals surface area (Å²) in [5, 5.41) is 15.7. The molecule has 10 heteroatoms. The molecule has 2 N–H and O–H groups in total. The van der Waals surface area contributed by atoms with Gasteiger partial charge in [-0.1, -0.05) is 0 Å².